The van der Waals surface area contributed by atoms with Gasteiger partial charge in [-0.05, 0) is 56.4 Å². The van der Waals surface area contributed by atoms with Gasteiger partial charge >= 0.3 is 0 Å². The van der Waals surface area contributed by atoms with Crippen molar-refractivity contribution < 1.29 is 24.2 Å². The van der Waals surface area contributed by atoms with Crippen LogP contribution in [0.15, 0.2) is 54.1 Å². The molecule has 1 atom stereocenters. The molecule has 35 heavy (non-hydrogen) atoms. The molecular formula is C29H37NO5. The zero-order chi connectivity index (χ0) is 25.8. The summed E-state index contributed by atoms with van der Waals surface area (Å²) in [7, 11) is 0. The number of carbonyl (C=O) groups is 2. The third kappa shape index (κ3) is 5.93. The van der Waals surface area contributed by atoms with Gasteiger partial charge in [0.05, 0.1) is 24.3 Å². The Balaban J connectivity index is 2.09. The molecular weight excluding hydrogens is 442 g/mol. The minimum Gasteiger partial charge on any atom is -0.507 e. The minimum atomic E-state index is -0.674. The first-order chi connectivity index (χ1) is 16.6. The monoisotopic (exact) mass is 479 g/mol. The van der Waals surface area contributed by atoms with Crippen LogP contribution in [0.5, 0.6) is 5.75 Å². The molecule has 1 unspecified atom stereocenters. The lowest BCUT2D eigenvalue weighted by molar-refractivity contribution is -0.140. The first kappa shape index (κ1) is 26.5. The highest BCUT2D eigenvalue weighted by molar-refractivity contribution is 6.46. The van der Waals surface area contributed by atoms with E-state index in [1.54, 1.807) is 11.0 Å². The molecule has 1 saturated heterocycles. The van der Waals surface area contributed by atoms with E-state index in [9.17, 15) is 14.7 Å². The van der Waals surface area contributed by atoms with Crippen LogP contribution in [-0.4, -0.2) is 47.6 Å². The van der Waals surface area contributed by atoms with Gasteiger partial charge in [0.2, 0.25) is 0 Å². The highest BCUT2D eigenvalue weighted by Crippen LogP contribution is 2.41. The normalized spacial score (nSPS) is 17.9. The Bertz CT molecular complexity index is 1080. The maximum Gasteiger partial charge on any atom is 0.295 e. The Hall–Kier alpha value is -3.12. The molecule has 0 bridgehead atoms. The lowest BCUT2D eigenvalue weighted by Crippen LogP contribution is -2.31. The van der Waals surface area contributed by atoms with Crippen LogP contribution >= 0.6 is 0 Å². The number of carbonyl (C=O) groups excluding carboxylic acids is 2. The predicted octanol–water partition coefficient (Wildman–Crippen LogP) is 5.62. The van der Waals surface area contributed by atoms with Crippen molar-refractivity contribution in [3.05, 3.63) is 70.8 Å². The van der Waals surface area contributed by atoms with Crippen molar-refractivity contribution in [3.8, 4) is 5.75 Å². The summed E-state index contributed by atoms with van der Waals surface area (Å²) in [6, 6.07) is 14.1. The molecule has 2 aromatic rings. The number of Topliss-reactive ketones (excluding diaryl/α,β-unsaturated/α-hetero) is 1. The molecule has 6 nitrogen and oxygen atoms in total. The van der Waals surface area contributed by atoms with Crippen LogP contribution in [0.4, 0.5) is 0 Å². The van der Waals surface area contributed by atoms with Crippen molar-refractivity contribution >= 4 is 17.4 Å². The Morgan fingerprint density at radius 1 is 1.09 bits per heavy atom. The number of hydrogen-bond acceptors (Lipinski definition) is 5. The third-order valence-electron chi connectivity index (χ3n) is 6.01. The molecule has 0 saturated carbocycles. The second-order valence-corrected chi connectivity index (χ2v) is 10.1. The molecule has 1 N–H and O–H groups in total. The van der Waals surface area contributed by atoms with Crippen LogP contribution in [0.2, 0.25) is 0 Å². The van der Waals surface area contributed by atoms with Gasteiger partial charge in [-0.1, -0.05) is 51.1 Å². The van der Waals surface area contributed by atoms with Crippen molar-refractivity contribution in [1.29, 1.82) is 0 Å². The summed E-state index contributed by atoms with van der Waals surface area (Å²) in [5.41, 5.74) is 2.04. The quantitative estimate of drug-likeness (QED) is 0.219. The Morgan fingerprint density at radius 3 is 2.37 bits per heavy atom. The van der Waals surface area contributed by atoms with Crippen molar-refractivity contribution in [2.45, 2.75) is 65.5 Å². The van der Waals surface area contributed by atoms with Crippen LogP contribution in [0.1, 0.15) is 70.7 Å². The highest BCUT2D eigenvalue weighted by atomic mass is 16.5. The van der Waals surface area contributed by atoms with E-state index in [1.807, 2.05) is 63.2 Å². The van der Waals surface area contributed by atoms with Crippen molar-refractivity contribution in [3.63, 3.8) is 0 Å². The van der Waals surface area contributed by atoms with Gasteiger partial charge in [-0.3, -0.25) is 9.59 Å². The molecule has 0 spiro atoms. The lowest BCUT2D eigenvalue weighted by Gasteiger charge is -2.26. The molecule has 0 aliphatic carbocycles. The standard InChI is InChI=1S/C29H37NO5/c1-7-34-23-15-14-21(18-22(23)29(4,5)6)26(31)24-25(20-12-9-8-10-13-20)30(28(33)27(24)32)16-11-17-35-19(2)3/h8-10,12-15,18-19,25,31H,7,11,16-17H2,1-6H3/b26-24-. The lowest BCUT2D eigenvalue weighted by atomic mass is 9.84. The Kier molecular flexibility index (Phi) is 8.39. The number of amides is 1. The topological polar surface area (TPSA) is 76.1 Å². The molecule has 1 amide bonds. The molecule has 1 fully saturated rings. The van der Waals surface area contributed by atoms with Gasteiger partial charge in [0.15, 0.2) is 0 Å². The first-order valence-corrected chi connectivity index (χ1v) is 12.3. The Morgan fingerprint density at radius 2 is 1.77 bits per heavy atom. The number of aliphatic hydroxyl groups is 1. The number of ketones is 1. The van der Waals surface area contributed by atoms with Gasteiger partial charge in [0.25, 0.3) is 11.7 Å². The summed E-state index contributed by atoms with van der Waals surface area (Å²) in [5, 5.41) is 11.4. The molecule has 0 aromatic heterocycles. The molecule has 6 heteroatoms. The maximum absolute atomic E-state index is 13.2. The maximum atomic E-state index is 13.2. The van der Waals surface area contributed by atoms with Crippen molar-refractivity contribution in [2.24, 2.45) is 0 Å². The van der Waals surface area contributed by atoms with Crippen LogP contribution in [0.25, 0.3) is 5.76 Å². The number of benzene rings is 2. The number of likely N-dealkylation sites (tertiary alicyclic amines) is 1. The second kappa shape index (κ2) is 11.1. The first-order valence-electron chi connectivity index (χ1n) is 12.3. The van der Waals surface area contributed by atoms with Crippen LogP contribution in [0, 0.1) is 0 Å². The molecule has 0 radical (unpaired) electrons. The molecule has 1 heterocycles. The number of ether oxygens (including phenoxy) is 2. The van der Waals surface area contributed by atoms with Crippen LogP contribution in [0.3, 0.4) is 0 Å². The summed E-state index contributed by atoms with van der Waals surface area (Å²) in [6.07, 6.45) is 0.679. The third-order valence-corrected chi connectivity index (χ3v) is 6.01. The Labute approximate surface area is 208 Å². The van der Waals surface area contributed by atoms with Crippen LogP contribution < -0.4 is 4.74 Å². The summed E-state index contributed by atoms with van der Waals surface area (Å²) >= 11 is 0. The van der Waals surface area contributed by atoms with Gasteiger partial charge in [0, 0.05) is 24.3 Å². The summed E-state index contributed by atoms with van der Waals surface area (Å²) in [6.45, 7) is 13.4. The smallest absolute Gasteiger partial charge is 0.295 e. The molecule has 3 rings (SSSR count). The van der Waals surface area contributed by atoms with E-state index in [4.69, 9.17) is 9.47 Å². The highest BCUT2D eigenvalue weighted by Gasteiger charge is 2.45. The predicted molar refractivity (Wildman–Crippen MR) is 137 cm³/mol. The average Bonchev–Trinajstić information content (AvgIpc) is 3.06. The second-order valence-electron chi connectivity index (χ2n) is 10.1. The zero-order valence-corrected chi connectivity index (χ0v) is 21.6. The van der Waals surface area contributed by atoms with Gasteiger partial charge in [-0.25, -0.2) is 0 Å². The fourth-order valence-corrected chi connectivity index (χ4v) is 4.35. The van der Waals surface area contributed by atoms with E-state index in [0.29, 0.717) is 31.7 Å². The van der Waals surface area contributed by atoms with E-state index in [2.05, 4.69) is 20.8 Å². The fraction of sp³-hybridized carbons (Fsp3) is 0.448. The summed E-state index contributed by atoms with van der Waals surface area (Å²) < 4.78 is 11.4. The molecule has 2 aromatic carbocycles. The van der Waals surface area contributed by atoms with Gasteiger partial charge in [0.1, 0.15) is 11.5 Å². The molecule has 188 valence electrons. The SMILES string of the molecule is CCOc1ccc(/C(O)=C2/C(=O)C(=O)N(CCCOC(C)C)C2c2ccccc2)cc1C(C)(C)C. The molecule has 1 aliphatic heterocycles. The number of hydrogen-bond donors (Lipinski definition) is 1. The van der Waals surface area contributed by atoms with Crippen molar-refractivity contribution in [2.75, 3.05) is 19.8 Å². The van der Waals surface area contributed by atoms with Crippen molar-refractivity contribution in [1.82, 2.24) is 4.90 Å². The van der Waals surface area contributed by atoms with Gasteiger partial charge < -0.3 is 19.5 Å². The number of rotatable bonds is 9. The van der Waals surface area contributed by atoms with Gasteiger partial charge in [-0.15, -0.1) is 0 Å². The van der Waals surface area contributed by atoms with E-state index < -0.39 is 17.7 Å². The largest absolute Gasteiger partial charge is 0.507 e. The summed E-state index contributed by atoms with van der Waals surface area (Å²) in [4.78, 5) is 27.9. The fourth-order valence-electron chi connectivity index (χ4n) is 4.35. The van der Waals surface area contributed by atoms with E-state index in [1.165, 1.54) is 0 Å². The van der Waals surface area contributed by atoms with E-state index >= 15 is 0 Å². The summed E-state index contributed by atoms with van der Waals surface area (Å²) in [5.74, 6) is -0.715. The van der Waals surface area contributed by atoms with Crippen LogP contribution in [-0.2, 0) is 19.7 Å². The molecule has 1 aliphatic rings. The number of aliphatic hydroxyl groups excluding tert-OH is 1. The van der Waals surface area contributed by atoms with E-state index in [0.717, 1.165) is 16.9 Å². The van der Waals surface area contributed by atoms with Gasteiger partial charge in [-0.2, -0.15) is 0 Å². The zero-order valence-electron chi connectivity index (χ0n) is 21.6. The number of nitrogens with zero attached hydrogens (tertiary/aromatic N) is 1. The minimum absolute atomic E-state index is 0.0898. The van der Waals surface area contributed by atoms with E-state index in [-0.39, 0.29) is 22.9 Å². The average molecular weight is 480 g/mol.